The van der Waals surface area contributed by atoms with Crippen molar-refractivity contribution in [2.75, 3.05) is 12.0 Å². The summed E-state index contributed by atoms with van der Waals surface area (Å²) in [4.78, 5) is 15.9. The first-order chi connectivity index (χ1) is 7.67. The summed E-state index contributed by atoms with van der Waals surface area (Å²) in [6.07, 6.45) is 3.62. The molecule has 0 aliphatic carbocycles. The van der Waals surface area contributed by atoms with Crippen LogP contribution in [0.1, 0.15) is 23.0 Å². The first kappa shape index (κ1) is 16.2. The lowest BCUT2D eigenvalue weighted by molar-refractivity contribution is 0.0943. The van der Waals surface area contributed by atoms with Gasteiger partial charge in [0.05, 0.1) is 5.69 Å². The molecule has 0 spiro atoms. The van der Waals surface area contributed by atoms with E-state index in [1.807, 2.05) is 13.2 Å². The predicted octanol–water partition coefficient (Wildman–Crippen LogP) is 1.44. The van der Waals surface area contributed by atoms with Crippen molar-refractivity contribution in [3.05, 3.63) is 29.6 Å². The van der Waals surface area contributed by atoms with E-state index in [0.717, 1.165) is 11.4 Å². The molecular formula is C11H18ClN3OS. The summed E-state index contributed by atoms with van der Waals surface area (Å²) < 4.78 is 0. The molecule has 0 aromatic carbocycles. The molecular weight excluding hydrogens is 258 g/mol. The molecule has 96 valence electrons. The molecule has 6 heteroatoms. The van der Waals surface area contributed by atoms with Gasteiger partial charge in [0.2, 0.25) is 0 Å². The first-order valence-corrected chi connectivity index (χ1v) is 6.51. The summed E-state index contributed by atoms with van der Waals surface area (Å²) in [5.74, 6) is 0.833. The van der Waals surface area contributed by atoms with Gasteiger partial charge in [0.15, 0.2) is 0 Å². The number of halogens is 1. The number of hydrogen-bond donors (Lipinski definition) is 2. The van der Waals surface area contributed by atoms with Crippen molar-refractivity contribution in [2.45, 2.75) is 19.5 Å². The number of pyridine rings is 1. The van der Waals surface area contributed by atoms with Crippen molar-refractivity contribution in [1.82, 2.24) is 10.3 Å². The van der Waals surface area contributed by atoms with Gasteiger partial charge in [-0.2, -0.15) is 11.8 Å². The Balaban J connectivity index is 0.00000256. The van der Waals surface area contributed by atoms with E-state index >= 15 is 0 Å². The molecule has 0 fully saturated rings. The van der Waals surface area contributed by atoms with E-state index in [1.54, 1.807) is 30.1 Å². The number of amides is 1. The van der Waals surface area contributed by atoms with E-state index in [2.05, 4.69) is 10.3 Å². The second-order valence-corrected chi connectivity index (χ2v) is 4.48. The molecule has 0 radical (unpaired) electrons. The van der Waals surface area contributed by atoms with Gasteiger partial charge >= 0.3 is 0 Å². The van der Waals surface area contributed by atoms with Gasteiger partial charge in [-0.1, -0.05) is 0 Å². The molecule has 1 heterocycles. The molecule has 17 heavy (non-hydrogen) atoms. The Kier molecular flexibility index (Phi) is 7.95. The molecule has 3 N–H and O–H groups in total. The van der Waals surface area contributed by atoms with Crippen LogP contribution in [0, 0.1) is 0 Å². The van der Waals surface area contributed by atoms with E-state index in [0.29, 0.717) is 12.1 Å². The van der Waals surface area contributed by atoms with Gasteiger partial charge < -0.3 is 11.1 Å². The van der Waals surface area contributed by atoms with Crippen molar-refractivity contribution in [3.8, 4) is 0 Å². The van der Waals surface area contributed by atoms with Crippen LogP contribution >= 0.6 is 24.2 Å². The summed E-state index contributed by atoms with van der Waals surface area (Å²) in [6, 6.07) is 3.58. The average molecular weight is 276 g/mol. The number of nitrogens with one attached hydrogen (secondary N) is 1. The highest BCUT2D eigenvalue weighted by Crippen LogP contribution is 2.03. The minimum Gasteiger partial charge on any atom is -0.349 e. The summed E-state index contributed by atoms with van der Waals surface area (Å²) in [5, 5.41) is 2.92. The Morgan fingerprint density at radius 2 is 2.35 bits per heavy atom. The van der Waals surface area contributed by atoms with Crippen LogP contribution in [0.25, 0.3) is 0 Å². The maximum absolute atomic E-state index is 11.8. The molecule has 4 nitrogen and oxygen atoms in total. The molecule has 0 aliphatic heterocycles. The molecule has 1 aromatic heterocycles. The zero-order valence-corrected chi connectivity index (χ0v) is 11.6. The normalized spacial score (nSPS) is 11.5. The quantitative estimate of drug-likeness (QED) is 0.853. The first-order valence-electron chi connectivity index (χ1n) is 5.12. The number of nitrogens with zero attached hydrogens (tertiary/aromatic N) is 1. The fourth-order valence-electron chi connectivity index (χ4n) is 1.33. The Morgan fingerprint density at radius 1 is 1.65 bits per heavy atom. The number of carbonyl (C=O) groups excluding carboxylic acids is 1. The lowest BCUT2D eigenvalue weighted by Crippen LogP contribution is -2.34. The van der Waals surface area contributed by atoms with E-state index in [-0.39, 0.29) is 24.4 Å². The second-order valence-electron chi connectivity index (χ2n) is 3.57. The maximum Gasteiger partial charge on any atom is 0.251 e. The topological polar surface area (TPSA) is 68.0 Å². The third-order valence-electron chi connectivity index (χ3n) is 2.08. The monoisotopic (exact) mass is 275 g/mol. The molecule has 0 saturated carbocycles. The molecule has 0 aliphatic rings. The van der Waals surface area contributed by atoms with Crippen LogP contribution in [-0.2, 0) is 6.54 Å². The van der Waals surface area contributed by atoms with Crippen LogP contribution < -0.4 is 11.1 Å². The lowest BCUT2D eigenvalue weighted by atomic mass is 10.2. The largest absolute Gasteiger partial charge is 0.349 e. The van der Waals surface area contributed by atoms with Crippen molar-refractivity contribution < 1.29 is 4.79 Å². The molecule has 1 aromatic rings. The fraction of sp³-hybridized carbons (Fsp3) is 0.455. The van der Waals surface area contributed by atoms with Crippen molar-refractivity contribution in [1.29, 1.82) is 0 Å². The Hall–Kier alpha value is -0.780. The second kappa shape index (κ2) is 8.33. The van der Waals surface area contributed by atoms with Crippen molar-refractivity contribution in [2.24, 2.45) is 5.73 Å². The number of aromatic nitrogens is 1. The van der Waals surface area contributed by atoms with Crippen LogP contribution in [0.3, 0.4) is 0 Å². The number of hydrogen-bond acceptors (Lipinski definition) is 4. The smallest absolute Gasteiger partial charge is 0.251 e. The van der Waals surface area contributed by atoms with E-state index in [9.17, 15) is 4.79 Å². The lowest BCUT2D eigenvalue weighted by Gasteiger charge is -2.12. The van der Waals surface area contributed by atoms with Gasteiger partial charge in [-0.05, 0) is 25.3 Å². The zero-order chi connectivity index (χ0) is 12.0. The maximum atomic E-state index is 11.8. The molecule has 1 amide bonds. The van der Waals surface area contributed by atoms with Gasteiger partial charge in [0.25, 0.3) is 5.91 Å². The van der Waals surface area contributed by atoms with E-state index in [1.165, 1.54) is 0 Å². The predicted molar refractivity (Wildman–Crippen MR) is 74.7 cm³/mol. The third kappa shape index (κ3) is 5.39. The highest BCUT2D eigenvalue weighted by molar-refractivity contribution is 7.98. The SMILES string of the molecule is CSCC(C)NC(=O)c1ccnc(CN)c1.Cl. The van der Waals surface area contributed by atoms with Gasteiger partial charge in [-0.25, -0.2) is 0 Å². The third-order valence-corrected chi connectivity index (χ3v) is 2.92. The van der Waals surface area contributed by atoms with Crippen molar-refractivity contribution in [3.63, 3.8) is 0 Å². The summed E-state index contributed by atoms with van der Waals surface area (Å²) in [7, 11) is 0. The fourth-order valence-corrected chi connectivity index (χ4v) is 1.91. The summed E-state index contributed by atoms with van der Waals surface area (Å²) in [6.45, 7) is 2.33. The minimum absolute atomic E-state index is 0. The molecule has 1 rings (SSSR count). The van der Waals surface area contributed by atoms with Crippen LogP contribution in [0.2, 0.25) is 0 Å². The molecule has 0 saturated heterocycles. The number of nitrogens with two attached hydrogens (primary N) is 1. The Morgan fingerprint density at radius 3 is 2.94 bits per heavy atom. The minimum atomic E-state index is -0.0707. The summed E-state index contributed by atoms with van der Waals surface area (Å²) in [5.41, 5.74) is 6.81. The van der Waals surface area contributed by atoms with Crippen LogP contribution in [0.5, 0.6) is 0 Å². The van der Waals surface area contributed by atoms with Crippen molar-refractivity contribution >= 4 is 30.1 Å². The number of rotatable bonds is 5. The number of thioether (sulfide) groups is 1. The zero-order valence-electron chi connectivity index (χ0n) is 9.97. The molecule has 1 unspecified atom stereocenters. The Bertz CT molecular complexity index is 362. The average Bonchev–Trinajstić information content (AvgIpc) is 2.29. The van der Waals surface area contributed by atoms with E-state index in [4.69, 9.17) is 5.73 Å². The van der Waals surface area contributed by atoms with E-state index < -0.39 is 0 Å². The Labute approximate surface area is 112 Å². The summed E-state index contributed by atoms with van der Waals surface area (Å²) >= 11 is 1.71. The highest BCUT2D eigenvalue weighted by atomic mass is 35.5. The number of carbonyl (C=O) groups is 1. The standard InChI is InChI=1S/C11H17N3OS.ClH/c1-8(7-16-2)14-11(15)9-3-4-13-10(5-9)6-12;/h3-5,8H,6-7,12H2,1-2H3,(H,14,15);1H. The van der Waals surface area contributed by atoms with Crippen LogP contribution in [-0.4, -0.2) is 28.9 Å². The van der Waals surface area contributed by atoms with Crippen LogP contribution in [0.4, 0.5) is 0 Å². The van der Waals surface area contributed by atoms with Crippen LogP contribution in [0.15, 0.2) is 18.3 Å². The van der Waals surface area contributed by atoms with Gasteiger partial charge in [0, 0.05) is 30.1 Å². The molecule has 1 atom stereocenters. The van der Waals surface area contributed by atoms with Gasteiger partial charge in [-0.3, -0.25) is 9.78 Å². The highest BCUT2D eigenvalue weighted by Gasteiger charge is 2.09. The van der Waals surface area contributed by atoms with Gasteiger partial charge in [0.1, 0.15) is 0 Å². The molecule has 0 bridgehead atoms. The van der Waals surface area contributed by atoms with Gasteiger partial charge in [-0.15, -0.1) is 12.4 Å².